The van der Waals surface area contributed by atoms with Crippen LogP contribution in [0, 0.1) is 5.82 Å². The van der Waals surface area contributed by atoms with Gasteiger partial charge in [0.05, 0.1) is 5.56 Å². The molecular weight excluding hydrogens is 307 g/mol. The van der Waals surface area contributed by atoms with E-state index in [2.05, 4.69) is 0 Å². The second-order valence-electron chi connectivity index (χ2n) is 5.15. The Morgan fingerprint density at radius 1 is 0.833 bits per heavy atom. The highest BCUT2D eigenvalue weighted by Crippen LogP contribution is 2.22. The second kappa shape index (κ2) is 7.42. The SMILES string of the molecule is O=C(OCc1cccc(Oc2ccccc2)c1)c1cccc(F)c1. The highest BCUT2D eigenvalue weighted by Gasteiger charge is 2.08. The van der Waals surface area contributed by atoms with E-state index in [1.807, 2.05) is 48.5 Å². The standard InChI is InChI=1S/C20H15FO3/c21-17-8-5-7-16(13-17)20(22)23-14-15-6-4-11-19(12-15)24-18-9-2-1-3-10-18/h1-13H,14H2. The minimum Gasteiger partial charge on any atom is -0.457 e. The van der Waals surface area contributed by atoms with Crippen LogP contribution in [0.2, 0.25) is 0 Å². The zero-order chi connectivity index (χ0) is 16.8. The number of hydrogen-bond acceptors (Lipinski definition) is 3. The van der Waals surface area contributed by atoms with Gasteiger partial charge >= 0.3 is 5.97 Å². The van der Waals surface area contributed by atoms with Gasteiger partial charge in [-0.05, 0) is 48.0 Å². The van der Waals surface area contributed by atoms with Gasteiger partial charge < -0.3 is 9.47 Å². The fraction of sp³-hybridized carbons (Fsp3) is 0.0500. The van der Waals surface area contributed by atoms with Gasteiger partial charge in [-0.1, -0.05) is 36.4 Å². The lowest BCUT2D eigenvalue weighted by Gasteiger charge is -2.08. The first-order valence-electron chi connectivity index (χ1n) is 7.45. The number of carbonyl (C=O) groups is 1. The van der Waals surface area contributed by atoms with E-state index in [0.29, 0.717) is 5.75 Å². The lowest BCUT2D eigenvalue weighted by molar-refractivity contribution is 0.0472. The summed E-state index contributed by atoms with van der Waals surface area (Å²) in [6.45, 7) is 0.0847. The number of benzene rings is 3. The van der Waals surface area contributed by atoms with Crippen LogP contribution >= 0.6 is 0 Å². The van der Waals surface area contributed by atoms with Gasteiger partial charge in [-0.25, -0.2) is 9.18 Å². The molecule has 0 spiro atoms. The van der Waals surface area contributed by atoms with Crippen molar-refractivity contribution in [1.82, 2.24) is 0 Å². The molecule has 4 heteroatoms. The molecule has 3 nitrogen and oxygen atoms in total. The van der Waals surface area contributed by atoms with Crippen molar-refractivity contribution < 1.29 is 18.7 Å². The van der Waals surface area contributed by atoms with Crippen molar-refractivity contribution in [3.63, 3.8) is 0 Å². The van der Waals surface area contributed by atoms with Crippen LogP contribution in [0.5, 0.6) is 11.5 Å². The van der Waals surface area contributed by atoms with E-state index in [-0.39, 0.29) is 12.2 Å². The lowest BCUT2D eigenvalue weighted by atomic mass is 10.2. The first kappa shape index (κ1) is 15.7. The second-order valence-corrected chi connectivity index (χ2v) is 5.15. The van der Waals surface area contributed by atoms with E-state index < -0.39 is 11.8 Å². The summed E-state index contributed by atoms with van der Waals surface area (Å²) >= 11 is 0. The summed E-state index contributed by atoms with van der Waals surface area (Å²) in [6.07, 6.45) is 0. The molecule has 3 aromatic carbocycles. The van der Waals surface area contributed by atoms with Gasteiger partial charge in [0.1, 0.15) is 23.9 Å². The Kier molecular flexibility index (Phi) is 4.87. The Balaban J connectivity index is 1.63. The Hall–Kier alpha value is -3.14. The van der Waals surface area contributed by atoms with Gasteiger partial charge in [0.15, 0.2) is 0 Å². The molecule has 0 unspecified atom stereocenters. The molecule has 120 valence electrons. The normalized spacial score (nSPS) is 10.2. The molecule has 0 saturated carbocycles. The smallest absolute Gasteiger partial charge is 0.338 e. The maximum Gasteiger partial charge on any atom is 0.338 e. The van der Waals surface area contributed by atoms with Crippen LogP contribution in [0.4, 0.5) is 4.39 Å². The van der Waals surface area contributed by atoms with E-state index >= 15 is 0 Å². The molecule has 0 atom stereocenters. The molecule has 0 aliphatic rings. The van der Waals surface area contributed by atoms with Crippen LogP contribution in [0.1, 0.15) is 15.9 Å². The van der Waals surface area contributed by atoms with Gasteiger partial charge in [-0.15, -0.1) is 0 Å². The minimum absolute atomic E-state index is 0.0847. The van der Waals surface area contributed by atoms with Crippen LogP contribution in [-0.4, -0.2) is 5.97 Å². The highest BCUT2D eigenvalue weighted by atomic mass is 19.1. The molecule has 0 radical (unpaired) electrons. The van der Waals surface area contributed by atoms with Crippen molar-refractivity contribution in [2.45, 2.75) is 6.61 Å². The number of carbonyl (C=O) groups excluding carboxylic acids is 1. The zero-order valence-corrected chi connectivity index (χ0v) is 12.8. The summed E-state index contributed by atoms with van der Waals surface area (Å²) in [5.74, 6) is 0.346. The van der Waals surface area contributed by atoms with Crippen molar-refractivity contribution >= 4 is 5.97 Å². The van der Waals surface area contributed by atoms with Gasteiger partial charge in [0.25, 0.3) is 0 Å². The summed E-state index contributed by atoms with van der Waals surface area (Å²) in [6, 6.07) is 22.1. The summed E-state index contributed by atoms with van der Waals surface area (Å²) in [7, 11) is 0. The van der Waals surface area contributed by atoms with E-state index in [0.717, 1.165) is 17.4 Å². The molecule has 0 bridgehead atoms. The summed E-state index contributed by atoms with van der Waals surface area (Å²) in [4.78, 5) is 11.9. The Bertz CT molecular complexity index is 831. The molecule has 3 aromatic rings. The van der Waals surface area contributed by atoms with Crippen molar-refractivity contribution in [3.05, 3.63) is 95.8 Å². The molecular formula is C20H15FO3. The fourth-order valence-electron chi connectivity index (χ4n) is 2.17. The topological polar surface area (TPSA) is 35.5 Å². The predicted octanol–water partition coefficient (Wildman–Crippen LogP) is 4.98. The van der Waals surface area contributed by atoms with E-state index in [9.17, 15) is 9.18 Å². The molecule has 0 aromatic heterocycles. The zero-order valence-electron chi connectivity index (χ0n) is 12.8. The van der Waals surface area contributed by atoms with Crippen LogP contribution in [0.15, 0.2) is 78.9 Å². The molecule has 0 aliphatic heterocycles. The quantitative estimate of drug-likeness (QED) is 0.622. The van der Waals surface area contributed by atoms with E-state index in [1.54, 1.807) is 6.07 Å². The van der Waals surface area contributed by atoms with E-state index in [1.165, 1.54) is 18.2 Å². The van der Waals surface area contributed by atoms with Crippen molar-refractivity contribution in [3.8, 4) is 11.5 Å². The maximum absolute atomic E-state index is 13.1. The summed E-state index contributed by atoms with van der Waals surface area (Å²) < 4.78 is 24.1. The van der Waals surface area contributed by atoms with Crippen LogP contribution < -0.4 is 4.74 Å². The lowest BCUT2D eigenvalue weighted by Crippen LogP contribution is -2.05. The first-order valence-corrected chi connectivity index (χ1v) is 7.45. The Morgan fingerprint density at radius 2 is 1.58 bits per heavy atom. The number of rotatable bonds is 5. The van der Waals surface area contributed by atoms with Crippen LogP contribution in [0.3, 0.4) is 0 Å². The predicted molar refractivity (Wildman–Crippen MR) is 88.5 cm³/mol. The monoisotopic (exact) mass is 322 g/mol. The van der Waals surface area contributed by atoms with Crippen LogP contribution in [0.25, 0.3) is 0 Å². The van der Waals surface area contributed by atoms with Gasteiger partial charge in [-0.2, -0.15) is 0 Å². The van der Waals surface area contributed by atoms with Crippen molar-refractivity contribution in [2.24, 2.45) is 0 Å². The average molecular weight is 322 g/mol. The van der Waals surface area contributed by atoms with Gasteiger partial charge in [-0.3, -0.25) is 0 Å². The first-order chi connectivity index (χ1) is 11.7. The summed E-state index contributed by atoms with van der Waals surface area (Å²) in [5, 5.41) is 0. The molecule has 0 N–H and O–H groups in total. The summed E-state index contributed by atoms with van der Waals surface area (Å²) in [5.41, 5.74) is 0.972. The van der Waals surface area contributed by atoms with Crippen molar-refractivity contribution in [2.75, 3.05) is 0 Å². The molecule has 0 fully saturated rings. The van der Waals surface area contributed by atoms with Crippen LogP contribution in [-0.2, 0) is 11.3 Å². The molecule has 0 aliphatic carbocycles. The van der Waals surface area contributed by atoms with Gasteiger partial charge in [0, 0.05) is 0 Å². The molecule has 0 amide bonds. The molecule has 0 saturated heterocycles. The molecule has 3 rings (SSSR count). The Labute approximate surface area is 139 Å². The highest BCUT2D eigenvalue weighted by molar-refractivity contribution is 5.89. The van der Waals surface area contributed by atoms with Gasteiger partial charge in [0.2, 0.25) is 0 Å². The number of esters is 1. The maximum atomic E-state index is 13.1. The fourth-order valence-corrected chi connectivity index (χ4v) is 2.17. The largest absolute Gasteiger partial charge is 0.457 e. The molecule has 24 heavy (non-hydrogen) atoms. The number of ether oxygens (including phenoxy) is 2. The third-order valence-electron chi connectivity index (χ3n) is 3.31. The number of halogens is 1. The number of hydrogen-bond donors (Lipinski definition) is 0. The third kappa shape index (κ3) is 4.20. The number of para-hydroxylation sites is 1. The molecule has 0 heterocycles. The third-order valence-corrected chi connectivity index (χ3v) is 3.31. The van der Waals surface area contributed by atoms with E-state index in [4.69, 9.17) is 9.47 Å². The Morgan fingerprint density at radius 3 is 2.38 bits per heavy atom. The van der Waals surface area contributed by atoms with Crippen molar-refractivity contribution in [1.29, 1.82) is 0 Å². The minimum atomic E-state index is -0.566. The average Bonchev–Trinajstić information content (AvgIpc) is 2.61.